The van der Waals surface area contributed by atoms with Gasteiger partial charge in [0, 0.05) is 17.6 Å². The van der Waals surface area contributed by atoms with E-state index in [-0.39, 0.29) is 5.91 Å². The van der Waals surface area contributed by atoms with Crippen LogP contribution >= 0.6 is 11.3 Å². The van der Waals surface area contributed by atoms with Crippen LogP contribution in [0.2, 0.25) is 0 Å². The van der Waals surface area contributed by atoms with Crippen molar-refractivity contribution in [3.8, 4) is 0 Å². The molecular formula is C8H12N2OS. The first-order valence-electron chi connectivity index (χ1n) is 3.90. The number of amides is 1. The average molecular weight is 184 g/mol. The Morgan fingerprint density at radius 1 is 1.75 bits per heavy atom. The maximum Gasteiger partial charge on any atom is 0.225 e. The molecule has 1 aromatic heterocycles. The molecule has 1 N–H and O–H groups in total. The van der Waals surface area contributed by atoms with Crippen LogP contribution in [0.3, 0.4) is 0 Å². The highest BCUT2D eigenvalue weighted by atomic mass is 32.1. The van der Waals surface area contributed by atoms with Crippen molar-refractivity contribution in [3.63, 3.8) is 0 Å². The number of likely N-dealkylation sites (N-methyl/N-ethyl adjacent to an activating group) is 1. The van der Waals surface area contributed by atoms with E-state index in [1.807, 2.05) is 13.8 Å². The van der Waals surface area contributed by atoms with Crippen LogP contribution in [0, 0.1) is 6.92 Å². The van der Waals surface area contributed by atoms with Gasteiger partial charge in [-0.15, -0.1) is 11.3 Å². The van der Waals surface area contributed by atoms with Crippen molar-refractivity contribution in [3.05, 3.63) is 16.1 Å². The van der Waals surface area contributed by atoms with Gasteiger partial charge in [0.1, 0.15) is 0 Å². The Bertz CT molecular complexity index is 270. The summed E-state index contributed by atoms with van der Waals surface area (Å²) in [6.45, 7) is 4.54. The van der Waals surface area contributed by atoms with Crippen LogP contribution in [0.5, 0.6) is 0 Å². The molecule has 1 heterocycles. The third-order valence-electron chi connectivity index (χ3n) is 1.38. The van der Waals surface area contributed by atoms with Crippen LogP contribution in [0.15, 0.2) is 6.20 Å². The van der Waals surface area contributed by atoms with E-state index in [4.69, 9.17) is 0 Å². The van der Waals surface area contributed by atoms with Crippen LogP contribution in [-0.4, -0.2) is 17.4 Å². The Balaban J connectivity index is 2.46. The summed E-state index contributed by atoms with van der Waals surface area (Å²) in [6, 6.07) is 0. The molecule has 0 radical (unpaired) electrons. The van der Waals surface area contributed by atoms with E-state index in [0.29, 0.717) is 13.0 Å². The molecule has 0 spiro atoms. The zero-order chi connectivity index (χ0) is 8.97. The van der Waals surface area contributed by atoms with Crippen LogP contribution in [0.4, 0.5) is 0 Å². The van der Waals surface area contributed by atoms with Crippen LogP contribution in [0.1, 0.15) is 16.8 Å². The number of aryl methyl sites for hydroxylation is 1. The van der Waals surface area contributed by atoms with Crippen LogP contribution in [0.25, 0.3) is 0 Å². The standard InChI is InChI=1S/C8H12N2OS/c1-3-9-8(11)4-7-5-10-6(2)12-7/h5H,3-4H2,1-2H3,(H,9,11). The lowest BCUT2D eigenvalue weighted by molar-refractivity contribution is -0.120. The first-order valence-corrected chi connectivity index (χ1v) is 4.72. The molecule has 0 saturated carbocycles. The van der Waals surface area contributed by atoms with Gasteiger partial charge >= 0.3 is 0 Å². The molecule has 0 bridgehead atoms. The van der Waals surface area contributed by atoms with Gasteiger partial charge in [-0.05, 0) is 13.8 Å². The summed E-state index contributed by atoms with van der Waals surface area (Å²) in [4.78, 5) is 16.2. The Morgan fingerprint density at radius 2 is 2.50 bits per heavy atom. The summed E-state index contributed by atoms with van der Waals surface area (Å²) in [6.07, 6.45) is 2.22. The van der Waals surface area contributed by atoms with Crippen molar-refractivity contribution in [1.82, 2.24) is 10.3 Å². The second kappa shape index (κ2) is 4.21. The van der Waals surface area contributed by atoms with E-state index in [0.717, 1.165) is 9.88 Å². The number of carbonyl (C=O) groups excluding carboxylic acids is 1. The number of thiazole rings is 1. The molecule has 0 saturated heterocycles. The van der Waals surface area contributed by atoms with Crippen molar-refractivity contribution >= 4 is 17.2 Å². The van der Waals surface area contributed by atoms with E-state index in [1.54, 1.807) is 17.5 Å². The summed E-state index contributed by atoms with van der Waals surface area (Å²) in [5.74, 6) is 0.0705. The number of hydrogen-bond donors (Lipinski definition) is 1. The van der Waals surface area contributed by atoms with E-state index >= 15 is 0 Å². The minimum atomic E-state index is 0.0705. The quantitative estimate of drug-likeness (QED) is 0.765. The molecule has 4 heteroatoms. The summed E-state index contributed by atoms with van der Waals surface area (Å²) in [7, 11) is 0. The summed E-state index contributed by atoms with van der Waals surface area (Å²) in [5.41, 5.74) is 0. The predicted octanol–water partition coefficient (Wildman–Crippen LogP) is 1.13. The van der Waals surface area contributed by atoms with Crippen molar-refractivity contribution < 1.29 is 4.79 Å². The second-order valence-electron chi connectivity index (χ2n) is 2.48. The zero-order valence-corrected chi connectivity index (χ0v) is 8.07. The van der Waals surface area contributed by atoms with Gasteiger partial charge in [-0.2, -0.15) is 0 Å². The van der Waals surface area contributed by atoms with E-state index in [1.165, 1.54) is 0 Å². The van der Waals surface area contributed by atoms with Crippen molar-refractivity contribution in [2.75, 3.05) is 6.54 Å². The molecule has 0 aromatic carbocycles. The lowest BCUT2D eigenvalue weighted by atomic mass is 10.3. The molecule has 0 aliphatic rings. The highest BCUT2D eigenvalue weighted by Crippen LogP contribution is 2.11. The fourth-order valence-corrected chi connectivity index (χ4v) is 1.70. The fraction of sp³-hybridized carbons (Fsp3) is 0.500. The van der Waals surface area contributed by atoms with Gasteiger partial charge in [0.15, 0.2) is 0 Å². The molecule has 0 atom stereocenters. The second-order valence-corrected chi connectivity index (χ2v) is 3.80. The molecule has 3 nitrogen and oxygen atoms in total. The van der Waals surface area contributed by atoms with E-state index in [9.17, 15) is 4.79 Å². The normalized spacial score (nSPS) is 9.83. The molecule has 1 rings (SSSR count). The Labute approximate surface area is 75.8 Å². The Morgan fingerprint density at radius 3 is 3.00 bits per heavy atom. The van der Waals surface area contributed by atoms with Crippen molar-refractivity contribution in [2.45, 2.75) is 20.3 Å². The highest BCUT2D eigenvalue weighted by Gasteiger charge is 2.03. The first kappa shape index (κ1) is 9.19. The largest absolute Gasteiger partial charge is 0.356 e. The smallest absolute Gasteiger partial charge is 0.225 e. The monoisotopic (exact) mass is 184 g/mol. The lowest BCUT2D eigenvalue weighted by Crippen LogP contribution is -2.23. The zero-order valence-electron chi connectivity index (χ0n) is 7.26. The molecule has 12 heavy (non-hydrogen) atoms. The van der Waals surface area contributed by atoms with Gasteiger partial charge in [-0.1, -0.05) is 0 Å². The minimum absolute atomic E-state index is 0.0705. The van der Waals surface area contributed by atoms with Gasteiger partial charge in [0.05, 0.1) is 11.4 Å². The average Bonchev–Trinajstić information content (AvgIpc) is 2.36. The number of nitrogens with one attached hydrogen (secondary N) is 1. The summed E-state index contributed by atoms with van der Waals surface area (Å²) in [5, 5.41) is 3.75. The maximum atomic E-state index is 11.1. The molecule has 1 aromatic rings. The van der Waals surface area contributed by atoms with Gasteiger partial charge in [-0.25, -0.2) is 4.98 Å². The van der Waals surface area contributed by atoms with Crippen LogP contribution < -0.4 is 5.32 Å². The number of hydrogen-bond acceptors (Lipinski definition) is 3. The van der Waals surface area contributed by atoms with Crippen molar-refractivity contribution in [2.24, 2.45) is 0 Å². The molecule has 1 amide bonds. The van der Waals surface area contributed by atoms with Gasteiger partial charge in [-0.3, -0.25) is 4.79 Å². The predicted molar refractivity (Wildman–Crippen MR) is 49.2 cm³/mol. The Hall–Kier alpha value is -0.900. The van der Waals surface area contributed by atoms with Gasteiger partial charge < -0.3 is 5.32 Å². The molecule has 0 aliphatic carbocycles. The number of aromatic nitrogens is 1. The molecular weight excluding hydrogens is 172 g/mol. The third kappa shape index (κ3) is 2.62. The Kier molecular flexibility index (Phi) is 3.22. The molecule has 0 fully saturated rings. The first-order chi connectivity index (χ1) is 5.72. The SMILES string of the molecule is CCNC(=O)Cc1cnc(C)s1. The maximum absolute atomic E-state index is 11.1. The number of nitrogens with zero attached hydrogens (tertiary/aromatic N) is 1. The lowest BCUT2D eigenvalue weighted by Gasteiger charge is -1.97. The molecule has 66 valence electrons. The molecule has 0 aliphatic heterocycles. The highest BCUT2D eigenvalue weighted by molar-refractivity contribution is 7.11. The number of carbonyl (C=O) groups is 1. The number of rotatable bonds is 3. The van der Waals surface area contributed by atoms with E-state index < -0.39 is 0 Å². The van der Waals surface area contributed by atoms with E-state index in [2.05, 4.69) is 10.3 Å². The van der Waals surface area contributed by atoms with Gasteiger partial charge in [0.25, 0.3) is 0 Å². The van der Waals surface area contributed by atoms with Crippen molar-refractivity contribution in [1.29, 1.82) is 0 Å². The summed E-state index contributed by atoms with van der Waals surface area (Å²) < 4.78 is 0. The molecule has 0 unspecified atom stereocenters. The third-order valence-corrected chi connectivity index (χ3v) is 2.29. The van der Waals surface area contributed by atoms with Crippen LogP contribution in [-0.2, 0) is 11.2 Å². The summed E-state index contributed by atoms with van der Waals surface area (Å²) >= 11 is 1.57. The topological polar surface area (TPSA) is 42.0 Å². The fourth-order valence-electron chi connectivity index (χ4n) is 0.905. The minimum Gasteiger partial charge on any atom is -0.356 e. The van der Waals surface area contributed by atoms with Gasteiger partial charge in [0.2, 0.25) is 5.91 Å².